The molecule has 0 amide bonds. The van der Waals surface area contributed by atoms with Gasteiger partial charge in [0.05, 0.1) is 13.0 Å². The Hall–Kier alpha value is -0.790. The predicted octanol–water partition coefficient (Wildman–Crippen LogP) is 2.64. The lowest BCUT2D eigenvalue weighted by Crippen LogP contribution is -2.38. The molecule has 3 saturated carbocycles. The zero-order chi connectivity index (χ0) is 11.8. The van der Waals surface area contributed by atoms with Crippen LogP contribution in [0.15, 0.2) is 12.2 Å². The van der Waals surface area contributed by atoms with Crippen LogP contribution in [0.25, 0.3) is 0 Å². The van der Waals surface area contributed by atoms with Crippen molar-refractivity contribution in [2.24, 2.45) is 40.9 Å². The zero-order valence-electron chi connectivity index (χ0n) is 10.6. The van der Waals surface area contributed by atoms with Crippen LogP contribution < -0.4 is 0 Å². The summed E-state index contributed by atoms with van der Waals surface area (Å²) in [5.74, 6) is 4.13. The monoisotopic (exact) mass is 232 g/mol. The molecule has 0 aromatic carbocycles. The van der Waals surface area contributed by atoms with Crippen LogP contribution in [-0.4, -0.2) is 13.1 Å². The highest BCUT2D eigenvalue weighted by molar-refractivity contribution is 5.73. The molecule has 7 unspecified atom stereocenters. The van der Waals surface area contributed by atoms with Gasteiger partial charge in [-0.2, -0.15) is 0 Å². The third-order valence-corrected chi connectivity index (χ3v) is 6.23. The van der Waals surface area contributed by atoms with Crippen molar-refractivity contribution in [3.8, 4) is 0 Å². The van der Waals surface area contributed by atoms with E-state index in [2.05, 4.69) is 19.1 Å². The Morgan fingerprint density at radius 3 is 3.00 bits per heavy atom. The molecule has 0 saturated heterocycles. The van der Waals surface area contributed by atoms with Crippen LogP contribution in [0.3, 0.4) is 0 Å². The molecule has 2 nitrogen and oxygen atoms in total. The predicted molar refractivity (Wildman–Crippen MR) is 64.1 cm³/mol. The topological polar surface area (TPSA) is 26.3 Å². The third kappa shape index (κ3) is 1.05. The highest BCUT2D eigenvalue weighted by Crippen LogP contribution is 2.71. The van der Waals surface area contributed by atoms with Crippen LogP contribution in [0.2, 0.25) is 0 Å². The van der Waals surface area contributed by atoms with E-state index >= 15 is 0 Å². The summed E-state index contributed by atoms with van der Waals surface area (Å²) >= 11 is 0. The largest absolute Gasteiger partial charge is 0.469 e. The average molecular weight is 232 g/mol. The molecule has 4 aliphatic rings. The molecule has 17 heavy (non-hydrogen) atoms. The van der Waals surface area contributed by atoms with E-state index in [1.807, 2.05) is 0 Å². The first kappa shape index (κ1) is 10.2. The molecule has 4 bridgehead atoms. The highest BCUT2D eigenvalue weighted by Gasteiger charge is 2.66. The number of hydrogen-bond acceptors (Lipinski definition) is 2. The lowest BCUT2D eigenvalue weighted by atomic mass is 9.65. The van der Waals surface area contributed by atoms with E-state index in [4.69, 9.17) is 4.74 Å². The Morgan fingerprint density at radius 2 is 2.24 bits per heavy atom. The van der Waals surface area contributed by atoms with E-state index in [0.717, 1.165) is 30.1 Å². The number of allylic oxidation sites excluding steroid dienone is 2. The molecule has 0 radical (unpaired) electrons. The minimum atomic E-state index is 0.0475. The molecule has 4 aliphatic carbocycles. The van der Waals surface area contributed by atoms with Gasteiger partial charge in [-0.25, -0.2) is 0 Å². The van der Waals surface area contributed by atoms with Gasteiger partial charge in [-0.3, -0.25) is 4.79 Å². The molecule has 3 fully saturated rings. The lowest BCUT2D eigenvalue weighted by molar-refractivity contribution is -0.149. The van der Waals surface area contributed by atoms with E-state index in [1.165, 1.54) is 20.0 Å². The molecule has 7 atom stereocenters. The molecule has 0 N–H and O–H groups in total. The summed E-state index contributed by atoms with van der Waals surface area (Å²) < 4.78 is 4.99. The fourth-order valence-corrected chi connectivity index (χ4v) is 5.87. The molecule has 2 heteroatoms. The second kappa shape index (κ2) is 2.96. The summed E-state index contributed by atoms with van der Waals surface area (Å²) in [7, 11) is 1.54. The van der Waals surface area contributed by atoms with E-state index in [9.17, 15) is 4.79 Å². The molecule has 0 spiro atoms. The number of ether oxygens (including phenoxy) is 1. The normalized spacial score (nSPS) is 57.5. The minimum Gasteiger partial charge on any atom is -0.469 e. The second-order valence-corrected chi connectivity index (χ2v) is 6.86. The Bertz CT molecular complexity index is 413. The number of esters is 1. The second-order valence-electron chi connectivity index (χ2n) is 6.86. The third-order valence-electron chi connectivity index (χ3n) is 6.23. The van der Waals surface area contributed by atoms with Crippen molar-refractivity contribution in [2.45, 2.75) is 26.2 Å². The van der Waals surface area contributed by atoms with Gasteiger partial charge in [0.25, 0.3) is 0 Å². The van der Waals surface area contributed by atoms with Crippen molar-refractivity contribution in [3.05, 3.63) is 12.2 Å². The highest BCUT2D eigenvalue weighted by atomic mass is 16.5. The number of rotatable bonds is 1. The van der Waals surface area contributed by atoms with Crippen molar-refractivity contribution in [1.82, 2.24) is 0 Å². The van der Waals surface area contributed by atoms with Gasteiger partial charge in [-0.15, -0.1) is 0 Å². The number of methoxy groups -OCH3 is 1. The van der Waals surface area contributed by atoms with E-state index < -0.39 is 0 Å². The van der Waals surface area contributed by atoms with Gasteiger partial charge in [-0.05, 0) is 54.3 Å². The molecule has 0 aliphatic heterocycles. The van der Waals surface area contributed by atoms with Crippen LogP contribution in [0, 0.1) is 40.9 Å². The smallest absolute Gasteiger partial charge is 0.308 e. The summed E-state index contributed by atoms with van der Waals surface area (Å²) in [6, 6.07) is 0. The van der Waals surface area contributed by atoms with Gasteiger partial charge < -0.3 is 4.74 Å². The first-order valence-corrected chi connectivity index (χ1v) is 6.91. The van der Waals surface area contributed by atoms with E-state index in [0.29, 0.717) is 11.3 Å². The van der Waals surface area contributed by atoms with Gasteiger partial charge in [0.15, 0.2) is 0 Å². The van der Waals surface area contributed by atoms with Crippen LogP contribution in [-0.2, 0) is 9.53 Å². The Balaban J connectivity index is 1.70. The maximum Gasteiger partial charge on any atom is 0.308 e. The Labute approximate surface area is 102 Å². The van der Waals surface area contributed by atoms with Crippen molar-refractivity contribution in [2.75, 3.05) is 7.11 Å². The van der Waals surface area contributed by atoms with Crippen molar-refractivity contribution >= 4 is 5.97 Å². The van der Waals surface area contributed by atoms with Gasteiger partial charge in [0.2, 0.25) is 0 Å². The minimum absolute atomic E-state index is 0.0475. The molecular formula is C15H20O2. The van der Waals surface area contributed by atoms with Crippen LogP contribution in [0.1, 0.15) is 26.2 Å². The lowest BCUT2D eigenvalue weighted by Gasteiger charge is -2.39. The summed E-state index contributed by atoms with van der Waals surface area (Å²) in [4.78, 5) is 11.9. The Kier molecular flexibility index (Phi) is 1.77. The van der Waals surface area contributed by atoms with Gasteiger partial charge in [-0.1, -0.05) is 19.1 Å². The SMILES string of the molecule is COC(=O)C1CC2CC1C1C2C2C=CC1(C)C2. The molecule has 0 aromatic heterocycles. The van der Waals surface area contributed by atoms with Gasteiger partial charge in [0.1, 0.15) is 0 Å². The molecular weight excluding hydrogens is 212 g/mol. The maximum absolute atomic E-state index is 11.9. The quantitative estimate of drug-likeness (QED) is 0.395. The van der Waals surface area contributed by atoms with Crippen LogP contribution >= 0.6 is 0 Å². The molecule has 0 heterocycles. The van der Waals surface area contributed by atoms with E-state index in [1.54, 1.807) is 0 Å². The van der Waals surface area contributed by atoms with Crippen molar-refractivity contribution in [3.63, 3.8) is 0 Å². The number of carbonyl (C=O) groups is 1. The van der Waals surface area contributed by atoms with Gasteiger partial charge >= 0.3 is 5.97 Å². The maximum atomic E-state index is 11.9. The molecule has 92 valence electrons. The van der Waals surface area contributed by atoms with Crippen LogP contribution in [0.5, 0.6) is 0 Å². The number of carbonyl (C=O) groups excluding carboxylic acids is 1. The van der Waals surface area contributed by atoms with Gasteiger partial charge in [0, 0.05) is 0 Å². The fourth-order valence-electron chi connectivity index (χ4n) is 5.87. The summed E-state index contributed by atoms with van der Waals surface area (Å²) in [5.41, 5.74) is 0.390. The zero-order valence-corrected chi connectivity index (χ0v) is 10.6. The molecule has 0 aromatic rings. The number of hydrogen-bond donors (Lipinski definition) is 0. The Morgan fingerprint density at radius 1 is 1.41 bits per heavy atom. The van der Waals surface area contributed by atoms with Crippen molar-refractivity contribution < 1.29 is 9.53 Å². The fraction of sp³-hybridized carbons (Fsp3) is 0.800. The van der Waals surface area contributed by atoms with Crippen molar-refractivity contribution in [1.29, 1.82) is 0 Å². The summed E-state index contributed by atoms with van der Waals surface area (Å²) in [6.45, 7) is 2.41. The summed E-state index contributed by atoms with van der Waals surface area (Å²) in [5, 5.41) is 0. The first-order valence-electron chi connectivity index (χ1n) is 6.91. The summed E-state index contributed by atoms with van der Waals surface area (Å²) in [6.07, 6.45) is 8.61. The number of fused-ring (bicyclic) bond motifs is 9. The van der Waals surface area contributed by atoms with E-state index in [-0.39, 0.29) is 11.9 Å². The van der Waals surface area contributed by atoms with Crippen LogP contribution in [0.4, 0.5) is 0 Å². The standard InChI is InChI=1S/C15H20O2/c1-15-4-3-8(7-15)12-9-5-10(13(12)15)11(6-9)14(16)17-2/h3-4,8-13H,5-7H2,1-2H3. The molecule has 4 rings (SSSR count). The first-order chi connectivity index (χ1) is 8.14. The average Bonchev–Trinajstić information content (AvgIpc) is 3.01.